The van der Waals surface area contributed by atoms with Crippen LogP contribution in [-0.4, -0.2) is 40.2 Å². The zero-order valence-corrected chi connectivity index (χ0v) is 15.3. The summed E-state index contributed by atoms with van der Waals surface area (Å²) in [5, 5.41) is 4.94. The predicted molar refractivity (Wildman–Crippen MR) is 98.1 cm³/mol. The van der Waals surface area contributed by atoms with Gasteiger partial charge in [0.25, 0.3) is 6.43 Å². The van der Waals surface area contributed by atoms with Crippen LogP contribution < -0.4 is 4.74 Å². The third kappa shape index (κ3) is 4.13. The zero-order valence-electron chi connectivity index (χ0n) is 15.3. The average molecular weight is 375 g/mol. The van der Waals surface area contributed by atoms with E-state index in [0.29, 0.717) is 0 Å². The molecule has 0 atom stereocenters. The molecule has 0 unspecified atom stereocenters. The number of hydrogen-bond donors (Lipinski definition) is 0. The Kier molecular flexibility index (Phi) is 5.11. The lowest BCUT2D eigenvalue weighted by Crippen LogP contribution is -2.37. The first-order valence-electron chi connectivity index (χ1n) is 9.25. The number of aryl methyl sites for hydroxylation is 1. The Morgan fingerprint density at radius 3 is 2.78 bits per heavy atom. The number of piperidine rings is 1. The number of benzene rings is 1. The van der Waals surface area contributed by atoms with Crippen LogP contribution in [0.2, 0.25) is 0 Å². The van der Waals surface area contributed by atoms with Gasteiger partial charge in [-0.1, -0.05) is 11.2 Å². The highest BCUT2D eigenvalue weighted by Crippen LogP contribution is 2.29. The molecule has 5 nitrogen and oxygen atoms in total. The standard InChI is InChI=1S/C20H23F2N3O2/c1-14-11-15(23-27-14)12-24-8-5-16(6-9-24)26-19-4-2-3-18-17(19)7-10-25(18)13-20(21)22/h2-4,7,10-11,16,20H,5-6,8-9,12-13H2,1H3. The molecule has 27 heavy (non-hydrogen) atoms. The summed E-state index contributed by atoms with van der Waals surface area (Å²) in [5.74, 6) is 1.60. The number of likely N-dealkylation sites (tertiary alicyclic amines) is 1. The molecule has 1 saturated heterocycles. The molecule has 0 aliphatic carbocycles. The maximum absolute atomic E-state index is 12.7. The number of fused-ring (bicyclic) bond motifs is 1. The summed E-state index contributed by atoms with van der Waals surface area (Å²) in [6.07, 6.45) is 1.30. The van der Waals surface area contributed by atoms with Crippen LogP contribution in [0.25, 0.3) is 10.9 Å². The number of nitrogens with zero attached hydrogens (tertiary/aromatic N) is 3. The number of ether oxygens (including phenoxy) is 1. The summed E-state index contributed by atoms with van der Waals surface area (Å²) in [7, 11) is 0. The zero-order chi connectivity index (χ0) is 18.8. The van der Waals surface area contributed by atoms with Gasteiger partial charge in [-0.3, -0.25) is 4.90 Å². The van der Waals surface area contributed by atoms with Crippen LogP contribution in [0.1, 0.15) is 24.3 Å². The molecule has 0 saturated carbocycles. The van der Waals surface area contributed by atoms with Gasteiger partial charge in [-0.25, -0.2) is 8.78 Å². The van der Waals surface area contributed by atoms with E-state index < -0.39 is 6.43 Å². The SMILES string of the molecule is Cc1cc(CN2CCC(Oc3cccc4c3ccn4CC(F)F)CC2)no1. The molecule has 144 valence electrons. The van der Waals surface area contributed by atoms with E-state index in [1.54, 1.807) is 10.8 Å². The second-order valence-corrected chi connectivity index (χ2v) is 7.07. The van der Waals surface area contributed by atoms with Crippen molar-refractivity contribution in [1.29, 1.82) is 0 Å². The van der Waals surface area contributed by atoms with Crippen LogP contribution in [0.3, 0.4) is 0 Å². The monoisotopic (exact) mass is 375 g/mol. The van der Waals surface area contributed by atoms with Gasteiger partial charge in [0.1, 0.15) is 17.6 Å². The molecular weight excluding hydrogens is 352 g/mol. The average Bonchev–Trinajstić information content (AvgIpc) is 3.23. The van der Waals surface area contributed by atoms with Crippen molar-refractivity contribution in [3.05, 3.63) is 48.0 Å². The summed E-state index contributed by atoms with van der Waals surface area (Å²) < 4.78 is 38.4. The van der Waals surface area contributed by atoms with Crippen molar-refractivity contribution in [3.8, 4) is 5.75 Å². The van der Waals surface area contributed by atoms with Gasteiger partial charge < -0.3 is 13.8 Å². The molecule has 0 amide bonds. The molecular formula is C20H23F2N3O2. The highest BCUT2D eigenvalue weighted by Gasteiger charge is 2.22. The summed E-state index contributed by atoms with van der Waals surface area (Å²) >= 11 is 0. The van der Waals surface area contributed by atoms with Gasteiger partial charge in [-0.15, -0.1) is 0 Å². The number of halogens is 2. The van der Waals surface area contributed by atoms with E-state index in [1.165, 1.54) is 0 Å². The highest BCUT2D eigenvalue weighted by molar-refractivity contribution is 5.86. The molecule has 0 spiro atoms. The van der Waals surface area contributed by atoms with Crippen molar-refractivity contribution >= 4 is 10.9 Å². The first kappa shape index (κ1) is 18.0. The Bertz CT molecular complexity index is 898. The van der Waals surface area contributed by atoms with Gasteiger partial charge in [0.15, 0.2) is 0 Å². The van der Waals surface area contributed by atoms with Gasteiger partial charge in [0.05, 0.1) is 17.8 Å². The Labute approximate surface area is 156 Å². The molecule has 1 aliphatic rings. The molecule has 1 aliphatic heterocycles. The number of alkyl halides is 2. The Morgan fingerprint density at radius 2 is 2.07 bits per heavy atom. The lowest BCUT2D eigenvalue weighted by atomic mass is 10.1. The van der Waals surface area contributed by atoms with Crippen molar-refractivity contribution in [1.82, 2.24) is 14.6 Å². The van der Waals surface area contributed by atoms with Crippen LogP contribution in [0.5, 0.6) is 5.75 Å². The Balaban J connectivity index is 1.38. The van der Waals surface area contributed by atoms with Gasteiger partial charge >= 0.3 is 0 Å². The first-order valence-corrected chi connectivity index (χ1v) is 9.25. The third-order valence-corrected chi connectivity index (χ3v) is 5.00. The minimum absolute atomic E-state index is 0.129. The third-order valence-electron chi connectivity index (χ3n) is 5.00. The quantitative estimate of drug-likeness (QED) is 0.646. The number of rotatable bonds is 6. The van der Waals surface area contributed by atoms with Crippen LogP contribution in [-0.2, 0) is 13.1 Å². The van der Waals surface area contributed by atoms with Crippen LogP contribution in [0.4, 0.5) is 8.78 Å². The van der Waals surface area contributed by atoms with E-state index >= 15 is 0 Å². The molecule has 2 aromatic heterocycles. The lowest BCUT2D eigenvalue weighted by molar-refractivity contribution is 0.0966. The molecule has 1 aromatic carbocycles. The van der Waals surface area contributed by atoms with Crippen molar-refractivity contribution < 1.29 is 18.0 Å². The second kappa shape index (κ2) is 7.68. The Hall–Kier alpha value is -2.41. The van der Waals surface area contributed by atoms with E-state index in [2.05, 4.69) is 10.1 Å². The molecule has 0 N–H and O–H groups in total. The summed E-state index contributed by atoms with van der Waals surface area (Å²) in [6, 6.07) is 9.46. The van der Waals surface area contributed by atoms with Gasteiger partial charge in [0, 0.05) is 37.3 Å². The number of aromatic nitrogens is 2. The van der Waals surface area contributed by atoms with Crippen LogP contribution >= 0.6 is 0 Å². The highest BCUT2D eigenvalue weighted by atomic mass is 19.3. The topological polar surface area (TPSA) is 43.4 Å². The van der Waals surface area contributed by atoms with E-state index in [4.69, 9.17) is 9.26 Å². The van der Waals surface area contributed by atoms with Gasteiger partial charge in [-0.05, 0) is 38.0 Å². The van der Waals surface area contributed by atoms with Crippen molar-refractivity contribution in [2.45, 2.75) is 45.4 Å². The van der Waals surface area contributed by atoms with E-state index in [0.717, 1.165) is 60.6 Å². The normalized spacial score (nSPS) is 16.4. The number of hydrogen-bond acceptors (Lipinski definition) is 4. The maximum atomic E-state index is 12.7. The molecule has 0 radical (unpaired) electrons. The van der Waals surface area contributed by atoms with E-state index in [-0.39, 0.29) is 12.6 Å². The minimum atomic E-state index is -2.37. The fourth-order valence-corrected chi connectivity index (χ4v) is 3.69. The summed E-state index contributed by atoms with van der Waals surface area (Å²) in [5.41, 5.74) is 1.74. The Morgan fingerprint density at radius 1 is 1.26 bits per heavy atom. The van der Waals surface area contributed by atoms with Gasteiger partial charge in [-0.2, -0.15) is 0 Å². The minimum Gasteiger partial charge on any atom is -0.490 e. The summed E-state index contributed by atoms with van der Waals surface area (Å²) in [4.78, 5) is 2.34. The molecule has 0 bridgehead atoms. The van der Waals surface area contributed by atoms with Crippen molar-refractivity contribution in [2.75, 3.05) is 13.1 Å². The van der Waals surface area contributed by atoms with Crippen LogP contribution in [0, 0.1) is 6.92 Å². The fraction of sp³-hybridized carbons (Fsp3) is 0.450. The lowest BCUT2D eigenvalue weighted by Gasteiger charge is -2.31. The van der Waals surface area contributed by atoms with Crippen LogP contribution in [0.15, 0.2) is 41.1 Å². The maximum Gasteiger partial charge on any atom is 0.256 e. The molecule has 4 rings (SSSR count). The second-order valence-electron chi connectivity index (χ2n) is 7.07. The van der Waals surface area contributed by atoms with E-state index in [1.807, 2.05) is 37.3 Å². The van der Waals surface area contributed by atoms with Crippen molar-refractivity contribution in [3.63, 3.8) is 0 Å². The summed E-state index contributed by atoms with van der Waals surface area (Å²) in [6.45, 7) is 4.24. The largest absolute Gasteiger partial charge is 0.490 e. The van der Waals surface area contributed by atoms with Gasteiger partial charge in [0.2, 0.25) is 0 Å². The first-order chi connectivity index (χ1) is 13.1. The fourth-order valence-electron chi connectivity index (χ4n) is 3.69. The van der Waals surface area contributed by atoms with E-state index in [9.17, 15) is 8.78 Å². The predicted octanol–water partition coefficient (Wildman–Crippen LogP) is 4.25. The molecule has 3 heterocycles. The molecule has 3 aromatic rings. The molecule has 7 heteroatoms. The molecule has 1 fully saturated rings. The smallest absolute Gasteiger partial charge is 0.256 e. The van der Waals surface area contributed by atoms with Crippen molar-refractivity contribution in [2.24, 2.45) is 0 Å².